The number of hydrogen-bond donors (Lipinski definition) is 2. The van der Waals surface area contributed by atoms with Crippen LogP contribution in [0.4, 0.5) is 5.82 Å². The number of pyridine rings is 1. The van der Waals surface area contributed by atoms with Crippen LogP contribution in [-0.4, -0.2) is 22.6 Å². The number of carboxylic acid groups (broad SMARTS) is 1. The number of aromatic nitrogens is 1. The Bertz CT molecular complexity index is 579. The van der Waals surface area contributed by atoms with Gasteiger partial charge in [0, 0.05) is 11.9 Å². The highest BCUT2D eigenvalue weighted by atomic mass is 16.4. The Morgan fingerprint density at radius 2 is 2.00 bits per heavy atom. The highest BCUT2D eigenvalue weighted by molar-refractivity contribution is 5.80. The monoisotopic (exact) mass is 244 g/mol. The van der Waals surface area contributed by atoms with Gasteiger partial charge in [-0.05, 0) is 32.0 Å². The van der Waals surface area contributed by atoms with E-state index in [0.717, 1.165) is 10.9 Å². The predicted octanol–water partition coefficient (Wildman–Crippen LogP) is 2.76. The van der Waals surface area contributed by atoms with E-state index in [0.29, 0.717) is 12.4 Å². The van der Waals surface area contributed by atoms with E-state index in [1.807, 2.05) is 36.4 Å². The maximum Gasteiger partial charge on any atom is 0.310 e. The standard InChI is InChI=1S/C14H16N2O2/c1-14(2,13(17)18)9-15-12-8-7-10-5-3-4-6-11(10)16-12/h3-8H,9H2,1-2H3,(H,15,16)(H,17,18). The van der Waals surface area contributed by atoms with Crippen LogP contribution in [0.25, 0.3) is 10.9 Å². The molecule has 2 rings (SSSR count). The molecule has 1 aromatic carbocycles. The summed E-state index contributed by atoms with van der Waals surface area (Å²) in [6.07, 6.45) is 0. The minimum atomic E-state index is -0.823. The van der Waals surface area contributed by atoms with E-state index >= 15 is 0 Å². The van der Waals surface area contributed by atoms with Gasteiger partial charge in [0.1, 0.15) is 5.82 Å². The molecule has 2 aromatic rings. The molecule has 0 aliphatic carbocycles. The van der Waals surface area contributed by atoms with E-state index in [9.17, 15) is 4.79 Å². The first kappa shape index (κ1) is 12.4. The quantitative estimate of drug-likeness (QED) is 0.868. The zero-order valence-electron chi connectivity index (χ0n) is 10.5. The fourth-order valence-electron chi connectivity index (χ4n) is 1.55. The van der Waals surface area contributed by atoms with Gasteiger partial charge in [0.15, 0.2) is 0 Å². The van der Waals surface area contributed by atoms with Crippen LogP contribution in [0.5, 0.6) is 0 Å². The Kier molecular flexibility index (Phi) is 3.19. The maximum absolute atomic E-state index is 11.0. The van der Waals surface area contributed by atoms with E-state index < -0.39 is 11.4 Å². The third kappa shape index (κ3) is 2.59. The highest BCUT2D eigenvalue weighted by Crippen LogP contribution is 2.18. The van der Waals surface area contributed by atoms with Crippen molar-refractivity contribution in [2.24, 2.45) is 5.41 Å². The largest absolute Gasteiger partial charge is 0.481 e. The van der Waals surface area contributed by atoms with Crippen molar-refractivity contribution < 1.29 is 9.90 Å². The van der Waals surface area contributed by atoms with E-state index in [2.05, 4.69) is 10.3 Å². The number of nitrogens with zero attached hydrogens (tertiary/aromatic N) is 1. The van der Waals surface area contributed by atoms with E-state index in [4.69, 9.17) is 5.11 Å². The minimum absolute atomic E-state index is 0.341. The fourth-order valence-corrected chi connectivity index (χ4v) is 1.55. The van der Waals surface area contributed by atoms with Crippen LogP contribution in [0, 0.1) is 5.41 Å². The molecule has 0 radical (unpaired) electrons. The van der Waals surface area contributed by atoms with Crippen LogP contribution in [0.1, 0.15) is 13.8 Å². The number of carboxylic acids is 1. The van der Waals surface area contributed by atoms with Crippen molar-refractivity contribution in [1.82, 2.24) is 4.98 Å². The summed E-state index contributed by atoms with van der Waals surface area (Å²) in [5.74, 6) is -0.126. The molecule has 4 heteroatoms. The van der Waals surface area contributed by atoms with Crippen LogP contribution in [0.15, 0.2) is 36.4 Å². The molecule has 0 unspecified atom stereocenters. The predicted molar refractivity (Wildman–Crippen MR) is 71.6 cm³/mol. The first-order valence-corrected chi connectivity index (χ1v) is 5.82. The smallest absolute Gasteiger partial charge is 0.310 e. The number of aliphatic carboxylic acids is 1. The van der Waals surface area contributed by atoms with E-state index in [1.54, 1.807) is 13.8 Å². The molecule has 0 fully saturated rings. The van der Waals surface area contributed by atoms with Crippen LogP contribution in [0.3, 0.4) is 0 Å². The number of benzene rings is 1. The molecule has 0 aliphatic rings. The Balaban J connectivity index is 2.15. The fraction of sp³-hybridized carbons (Fsp3) is 0.286. The summed E-state index contributed by atoms with van der Waals surface area (Å²) < 4.78 is 0. The average Bonchev–Trinajstić information content (AvgIpc) is 2.36. The van der Waals surface area contributed by atoms with Crippen LogP contribution >= 0.6 is 0 Å². The van der Waals surface area contributed by atoms with Crippen molar-refractivity contribution in [1.29, 1.82) is 0 Å². The highest BCUT2D eigenvalue weighted by Gasteiger charge is 2.26. The summed E-state index contributed by atoms with van der Waals surface area (Å²) in [4.78, 5) is 15.4. The molecule has 0 aliphatic heterocycles. The molecule has 2 N–H and O–H groups in total. The van der Waals surface area contributed by atoms with Gasteiger partial charge in [0.25, 0.3) is 0 Å². The lowest BCUT2D eigenvalue weighted by atomic mass is 9.94. The second-order valence-electron chi connectivity index (χ2n) is 4.93. The first-order valence-electron chi connectivity index (χ1n) is 5.82. The van der Waals surface area contributed by atoms with Crippen LogP contribution < -0.4 is 5.32 Å². The molecule has 1 aromatic heterocycles. The number of carbonyl (C=O) groups is 1. The van der Waals surface area contributed by atoms with Gasteiger partial charge in [-0.2, -0.15) is 0 Å². The molecule has 4 nitrogen and oxygen atoms in total. The summed E-state index contributed by atoms with van der Waals surface area (Å²) in [6.45, 7) is 3.71. The van der Waals surface area contributed by atoms with E-state index in [-0.39, 0.29) is 0 Å². The first-order chi connectivity index (χ1) is 8.49. The van der Waals surface area contributed by atoms with Crippen LogP contribution in [0.2, 0.25) is 0 Å². The summed E-state index contributed by atoms with van der Waals surface area (Å²) in [5.41, 5.74) is 0.0866. The molecular formula is C14H16N2O2. The van der Waals surface area contributed by atoms with Gasteiger partial charge in [-0.3, -0.25) is 4.79 Å². The molecule has 1 heterocycles. The summed E-state index contributed by atoms with van der Waals surface area (Å²) in [6, 6.07) is 11.7. The zero-order chi connectivity index (χ0) is 13.2. The molecular weight excluding hydrogens is 228 g/mol. The van der Waals surface area contributed by atoms with Gasteiger partial charge in [-0.1, -0.05) is 18.2 Å². The number of fused-ring (bicyclic) bond motifs is 1. The summed E-state index contributed by atoms with van der Waals surface area (Å²) in [7, 11) is 0. The van der Waals surface area contributed by atoms with Gasteiger partial charge < -0.3 is 10.4 Å². The molecule has 94 valence electrons. The van der Waals surface area contributed by atoms with Crippen molar-refractivity contribution >= 4 is 22.7 Å². The third-order valence-corrected chi connectivity index (χ3v) is 2.89. The number of anilines is 1. The second kappa shape index (κ2) is 4.64. The van der Waals surface area contributed by atoms with E-state index in [1.165, 1.54) is 0 Å². The normalized spacial score (nSPS) is 11.4. The van der Waals surface area contributed by atoms with Crippen molar-refractivity contribution in [3.63, 3.8) is 0 Å². The zero-order valence-corrected chi connectivity index (χ0v) is 10.5. The number of nitrogens with one attached hydrogen (secondary N) is 1. The molecule has 0 saturated heterocycles. The maximum atomic E-state index is 11.0. The Hall–Kier alpha value is -2.10. The minimum Gasteiger partial charge on any atom is -0.481 e. The van der Waals surface area contributed by atoms with Gasteiger partial charge in [-0.15, -0.1) is 0 Å². The lowest BCUT2D eigenvalue weighted by Gasteiger charge is -2.19. The lowest BCUT2D eigenvalue weighted by molar-refractivity contribution is -0.146. The topological polar surface area (TPSA) is 62.2 Å². The van der Waals surface area contributed by atoms with Gasteiger partial charge in [0.2, 0.25) is 0 Å². The Morgan fingerprint density at radius 3 is 2.72 bits per heavy atom. The second-order valence-corrected chi connectivity index (χ2v) is 4.93. The molecule has 0 saturated carbocycles. The molecule has 0 bridgehead atoms. The Labute approximate surface area is 106 Å². The van der Waals surface area contributed by atoms with Crippen molar-refractivity contribution in [3.05, 3.63) is 36.4 Å². The summed E-state index contributed by atoms with van der Waals surface area (Å²) >= 11 is 0. The van der Waals surface area contributed by atoms with Crippen molar-refractivity contribution in [3.8, 4) is 0 Å². The summed E-state index contributed by atoms with van der Waals surface area (Å²) in [5, 5.41) is 13.2. The van der Waals surface area contributed by atoms with Crippen molar-refractivity contribution in [2.75, 3.05) is 11.9 Å². The SMILES string of the molecule is CC(C)(CNc1ccc2ccccc2n1)C(=O)O. The molecule has 18 heavy (non-hydrogen) atoms. The number of rotatable bonds is 4. The lowest BCUT2D eigenvalue weighted by Crippen LogP contribution is -2.31. The number of hydrogen-bond acceptors (Lipinski definition) is 3. The van der Waals surface area contributed by atoms with Gasteiger partial charge in [0.05, 0.1) is 10.9 Å². The molecule has 0 spiro atoms. The Morgan fingerprint density at radius 1 is 1.28 bits per heavy atom. The van der Waals surface area contributed by atoms with Gasteiger partial charge in [-0.25, -0.2) is 4.98 Å². The van der Waals surface area contributed by atoms with Crippen LogP contribution in [-0.2, 0) is 4.79 Å². The average molecular weight is 244 g/mol. The van der Waals surface area contributed by atoms with Crippen molar-refractivity contribution in [2.45, 2.75) is 13.8 Å². The number of para-hydroxylation sites is 1. The third-order valence-electron chi connectivity index (χ3n) is 2.89. The van der Waals surface area contributed by atoms with Gasteiger partial charge >= 0.3 is 5.97 Å². The molecule has 0 atom stereocenters. The molecule has 0 amide bonds.